The molecule has 0 spiro atoms. The summed E-state index contributed by atoms with van der Waals surface area (Å²) in [6.07, 6.45) is 0. The van der Waals surface area contributed by atoms with E-state index < -0.39 is 5.41 Å². The van der Waals surface area contributed by atoms with Gasteiger partial charge in [0.05, 0.1) is 5.41 Å². The molecule has 290 valence electrons. The van der Waals surface area contributed by atoms with Crippen molar-refractivity contribution in [2.75, 3.05) is 0 Å². The average molecular weight is 808 g/mol. The van der Waals surface area contributed by atoms with Crippen LogP contribution in [0.15, 0.2) is 224 Å². The summed E-state index contributed by atoms with van der Waals surface area (Å²) in [6, 6.07) is 80.7. The highest BCUT2D eigenvalue weighted by molar-refractivity contribution is 7.26. The normalized spacial score (nSPS) is 12.6. The molecule has 0 fully saturated rings. The van der Waals surface area contributed by atoms with Gasteiger partial charge in [0.15, 0.2) is 17.5 Å². The molecule has 2 aromatic heterocycles. The molecular weight excluding hydrogens is 771 g/mol. The Hall–Kier alpha value is -7.79. The van der Waals surface area contributed by atoms with Crippen LogP contribution in [-0.2, 0) is 5.41 Å². The Kier molecular flexibility index (Phi) is 8.58. The van der Waals surface area contributed by atoms with Crippen molar-refractivity contribution < 1.29 is 0 Å². The monoisotopic (exact) mass is 807 g/mol. The molecule has 4 heteroatoms. The SMILES string of the molecule is c1ccc(-c2nc(-c3ccc(-c4cc5c(cc4-c4ccccc4)-c4ccccc4C5(c4ccccc4)c4ccccc4)cc3)nc(-c3cccc4c3sc3ccccc34)n2)cc1. The number of benzene rings is 9. The van der Waals surface area contributed by atoms with Gasteiger partial charge in [-0.15, -0.1) is 11.3 Å². The summed E-state index contributed by atoms with van der Waals surface area (Å²) in [4.78, 5) is 15.5. The lowest BCUT2D eigenvalue weighted by molar-refractivity contribution is 0.769. The maximum absolute atomic E-state index is 5.23. The van der Waals surface area contributed by atoms with Crippen LogP contribution >= 0.6 is 11.3 Å². The van der Waals surface area contributed by atoms with Crippen molar-refractivity contribution in [3.8, 4) is 67.5 Å². The first-order valence-corrected chi connectivity index (χ1v) is 21.8. The molecule has 0 radical (unpaired) electrons. The third-order valence-corrected chi connectivity index (χ3v) is 13.7. The maximum atomic E-state index is 5.23. The molecule has 0 amide bonds. The summed E-state index contributed by atoms with van der Waals surface area (Å²) in [5.41, 5.74) is 14.6. The van der Waals surface area contributed by atoms with Gasteiger partial charge in [0.2, 0.25) is 0 Å². The van der Waals surface area contributed by atoms with Crippen LogP contribution in [0.2, 0.25) is 0 Å². The molecule has 0 saturated heterocycles. The van der Waals surface area contributed by atoms with Crippen LogP contribution in [0.5, 0.6) is 0 Å². The summed E-state index contributed by atoms with van der Waals surface area (Å²) >= 11 is 1.79. The van der Waals surface area contributed by atoms with E-state index in [9.17, 15) is 0 Å². The molecule has 12 rings (SSSR count). The molecule has 3 nitrogen and oxygen atoms in total. The van der Waals surface area contributed by atoms with Crippen LogP contribution in [0.4, 0.5) is 0 Å². The van der Waals surface area contributed by atoms with Crippen molar-refractivity contribution in [3.63, 3.8) is 0 Å². The number of aromatic nitrogens is 3. The summed E-state index contributed by atoms with van der Waals surface area (Å²) in [5, 5.41) is 2.46. The average Bonchev–Trinajstić information content (AvgIpc) is 3.88. The molecule has 0 saturated carbocycles. The smallest absolute Gasteiger partial charge is 0.165 e. The third kappa shape index (κ3) is 5.76. The largest absolute Gasteiger partial charge is 0.208 e. The lowest BCUT2D eigenvalue weighted by Crippen LogP contribution is -2.28. The molecule has 0 aliphatic heterocycles. The summed E-state index contributed by atoms with van der Waals surface area (Å²) < 4.78 is 2.42. The molecule has 0 atom stereocenters. The number of thiophene rings is 1. The minimum atomic E-state index is -0.509. The van der Waals surface area contributed by atoms with E-state index in [1.54, 1.807) is 11.3 Å². The Morgan fingerprint density at radius 1 is 0.306 bits per heavy atom. The van der Waals surface area contributed by atoms with Gasteiger partial charge >= 0.3 is 0 Å². The standard InChI is InChI=1S/C58H37N3S/c1-5-18-38(19-6-1)48-36-50-44-26-13-15-30-51(44)58(42-22-9-3-10-23-42,43-24-11-4-12-25-43)52(50)37-49(48)39-32-34-41(35-33-39)56-59-55(40-20-7-2-8-21-40)60-57(61-56)47-29-17-28-46-45-27-14-16-31-53(45)62-54(46)47/h1-37H. The van der Waals surface area contributed by atoms with Crippen LogP contribution < -0.4 is 0 Å². The number of fused-ring (bicyclic) bond motifs is 6. The van der Waals surface area contributed by atoms with Crippen LogP contribution in [0, 0.1) is 0 Å². The van der Waals surface area contributed by atoms with Crippen molar-refractivity contribution in [1.29, 1.82) is 0 Å². The van der Waals surface area contributed by atoms with E-state index in [0.717, 1.165) is 22.3 Å². The van der Waals surface area contributed by atoms with Gasteiger partial charge in [-0.1, -0.05) is 200 Å². The van der Waals surface area contributed by atoms with Crippen LogP contribution in [0.1, 0.15) is 22.3 Å². The predicted octanol–water partition coefficient (Wildman–Crippen LogP) is 14.9. The molecule has 2 heterocycles. The fourth-order valence-electron chi connectivity index (χ4n) is 9.65. The zero-order chi connectivity index (χ0) is 41.0. The fraction of sp³-hybridized carbons (Fsp3) is 0.0172. The fourth-order valence-corrected chi connectivity index (χ4v) is 10.9. The van der Waals surface area contributed by atoms with E-state index in [2.05, 4.69) is 206 Å². The zero-order valence-electron chi connectivity index (χ0n) is 33.6. The number of hydrogen-bond donors (Lipinski definition) is 0. The minimum Gasteiger partial charge on any atom is -0.208 e. The van der Waals surface area contributed by atoms with Crippen molar-refractivity contribution in [2.24, 2.45) is 0 Å². The molecule has 9 aromatic carbocycles. The van der Waals surface area contributed by atoms with E-state index in [4.69, 9.17) is 15.0 Å². The van der Waals surface area contributed by atoms with Crippen LogP contribution in [0.25, 0.3) is 87.7 Å². The predicted molar refractivity (Wildman–Crippen MR) is 257 cm³/mol. The van der Waals surface area contributed by atoms with Gasteiger partial charge in [0.1, 0.15) is 0 Å². The molecule has 0 N–H and O–H groups in total. The molecule has 0 bridgehead atoms. The summed E-state index contributed by atoms with van der Waals surface area (Å²) in [7, 11) is 0. The third-order valence-electron chi connectivity index (χ3n) is 12.4. The van der Waals surface area contributed by atoms with Gasteiger partial charge in [0.25, 0.3) is 0 Å². The molecular formula is C58H37N3S. The molecule has 0 unspecified atom stereocenters. The first-order chi connectivity index (χ1) is 30.7. The Labute approximate surface area is 364 Å². The first-order valence-electron chi connectivity index (χ1n) is 21.0. The van der Waals surface area contributed by atoms with Gasteiger partial charge in [-0.25, -0.2) is 15.0 Å². The van der Waals surface area contributed by atoms with E-state index in [1.165, 1.54) is 70.2 Å². The Bertz CT molecular complexity index is 3390. The van der Waals surface area contributed by atoms with Crippen molar-refractivity contribution in [3.05, 3.63) is 247 Å². The second kappa shape index (κ2) is 14.7. The topological polar surface area (TPSA) is 38.7 Å². The summed E-state index contributed by atoms with van der Waals surface area (Å²) in [6.45, 7) is 0. The maximum Gasteiger partial charge on any atom is 0.165 e. The molecule has 11 aromatic rings. The minimum absolute atomic E-state index is 0.509. The van der Waals surface area contributed by atoms with Crippen LogP contribution in [0.3, 0.4) is 0 Å². The van der Waals surface area contributed by atoms with Crippen LogP contribution in [-0.4, -0.2) is 15.0 Å². The zero-order valence-corrected chi connectivity index (χ0v) is 34.4. The highest BCUT2D eigenvalue weighted by atomic mass is 32.1. The number of hydrogen-bond acceptors (Lipinski definition) is 4. The Morgan fingerprint density at radius 2 is 0.790 bits per heavy atom. The number of nitrogens with zero attached hydrogens (tertiary/aromatic N) is 3. The molecule has 1 aliphatic carbocycles. The van der Waals surface area contributed by atoms with E-state index >= 15 is 0 Å². The van der Waals surface area contributed by atoms with E-state index in [1.807, 2.05) is 18.2 Å². The highest BCUT2D eigenvalue weighted by Crippen LogP contribution is 2.58. The second-order valence-corrected chi connectivity index (χ2v) is 16.9. The van der Waals surface area contributed by atoms with Crippen molar-refractivity contribution in [1.82, 2.24) is 15.0 Å². The molecule has 1 aliphatic rings. The Morgan fingerprint density at radius 3 is 1.48 bits per heavy atom. The van der Waals surface area contributed by atoms with Crippen molar-refractivity contribution >= 4 is 31.5 Å². The quantitative estimate of drug-likeness (QED) is 0.161. The molecule has 62 heavy (non-hydrogen) atoms. The number of rotatable bonds is 7. The highest BCUT2D eigenvalue weighted by Gasteiger charge is 2.46. The Balaban J connectivity index is 1.05. The van der Waals surface area contributed by atoms with E-state index in [0.29, 0.717) is 17.5 Å². The lowest BCUT2D eigenvalue weighted by Gasteiger charge is -2.34. The van der Waals surface area contributed by atoms with Gasteiger partial charge < -0.3 is 0 Å². The van der Waals surface area contributed by atoms with Gasteiger partial charge in [-0.05, 0) is 79.9 Å². The first kappa shape index (κ1) is 36.1. The van der Waals surface area contributed by atoms with Gasteiger partial charge in [-0.2, -0.15) is 0 Å². The van der Waals surface area contributed by atoms with Crippen molar-refractivity contribution in [2.45, 2.75) is 5.41 Å². The van der Waals surface area contributed by atoms with Gasteiger partial charge in [-0.3, -0.25) is 0 Å². The summed E-state index contributed by atoms with van der Waals surface area (Å²) in [5.74, 6) is 1.95. The van der Waals surface area contributed by atoms with Gasteiger partial charge in [0, 0.05) is 36.9 Å². The van der Waals surface area contributed by atoms with E-state index in [-0.39, 0.29) is 0 Å². The second-order valence-electron chi connectivity index (χ2n) is 15.9. The lowest BCUT2D eigenvalue weighted by atomic mass is 9.67.